The highest BCUT2D eigenvalue weighted by molar-refractivity contribution is 7.90. The number of aromatic nitrogens is 2. The summed E-state index contributed by atoms with van der Waals surface area (Å²) in [5.41, 5.74) is 1.61. The van der Waals surface area contributed by atoms with E-state index in [1.165, 1.54) is 66.5 Å². The second-order valence-corrected chi connectivity index (χ2v) is 11.6. The molecule has 0 aliphatic carbocycles. The van der Waals surface area contributed by atoms with E-state index >= 15 is 0 Å². The van der Waals surface area contributed by atoms with Crippen molar-refractivity contribution in [3.8, 4) is 5.69 Å². The van der Waals surface area contributed by atoms with Gasteiger partial charge in [-0.1, -0.05) is 12.1 Å². The summed E-state index contributed by atoms with van der Waals surface area (Å²) in [7, 11) is -5.93. The first-order chi connectivity index (χ1) is 16.5. The van der Waals surface area contributed by atoms with Gasteiger partial charge in [-0.2, -0.15) is 5.10 Å². The van der Waals surface area contributed by atoms with E-state index in [-0.39, 0.29) is 21.9 Å². The van der Waals surface area contributed by atoms with E-state index in [4.69, 9.17) is 0 Å². The van der Waals surface area contributed by atoms with E-state index in [1.54, 1.807) is 12.1 Å². The van der Waals surface area contributed by atoms with Crippen molar-refractivity contribution in [3.63, 3.8) is 0 Å². The molecule has 9 nitrogen and oxygen atoms in total. The number of hydrogen-bond donors (Lipinski definition) is 2. The first-order valence-electron chi connectivity index (χ1n) is 10.3. The number of sulfonamides is 1. The summed E-state index contributed by atoms with van der Waals surface area (Å²) < 4.78 is 65.4. The van der Waals surface area contributed by atoms with Crippen LogP contribution in [-0.4, -0.2) is 45.8 Å². The van der Waals surface area contributed by atoms with Crippen LogP contribution in [0.2, 0.25) is 0 Å². The molecule has 182 valence electrons. The molecule has 0 atom stereocenters. The SMILES string of the molecule is CNS(=O)(=O)c1ccc(CNC(=O)c2cc(S(C)(=O)=O)cc3c2cnn3-c2ccc(F)cc2)cc1. The van der Waals surface area contributed by atoms with Crippen molar-refractivity contribution in [2.45, 2.75) is 16.3 Å². The largest absolute Gasteiger partial charge is 0.348 e. The summed E-state index contributed by atoms with van der Waals surface area (Å²) in [4.78, 5) is 13.1. The Morgan fingerprint density at radius 3 is 2.23 bits per heavy atom. The van der Waals surface area contributed by atoms with Crippen LogP contribution in [0, 0.1) is 5.82 Å². The van der Waals surface area contributed by atoms with Gasteiger partial charge < -0.3 is 5.32 Å². The molecule has 1 aromatic heterocycles. The molecule has 0 saturated heterocycles. The smallest absolute Gasteiger partial charge is 0.252 e. The molecule has 0 bridgehead atoms. The molecule has 4 aromatic rings. The van der Waals surface area contributed by atoms with Gasteiger partial charge in [-0.3, -0.25) is 4.79 Å². The minimum absolute atomic E-state index is 0.0689. The molecular formula is C23H21FN4O5S2. The second-order valence-electron chi connectivity index (χ2n) is 7.74. The molecule has 3 aromatic carbocycles. The topological polar surface area (TPSA) is 127 Å². The minimum Gasteiger partial charge on any atom is -0.348 e. The standard InChI is InChI=1S/C23H21FN4O5S2/c1-25-35(32,33)18-9-3-15(4-10-18)13-26-23(29)20-11-19(34(2,30)31)12-22-21(20)14-27-28(22)17-7-5-16(24)6-8-17/h3-12,14,25H,13H2,1-2H3,(H,26,29). The monoisotopic (exact) mass is 516 g/mol. The summed E-state index contributed by atoms with van der Waals surface area (Å²) in [6.45, 7) is 0.0788. The van der Waals surface area contributed by atoms with Crippen LogP contribution >= 0.6 is 0 Å². The number of fused-ring (bicyclic) bond motifs is 1. The van der Waals surface area contributed by atoms with Gasteiger partial charge in [0.15, 0.2) is 9.84 Å². The first kappa shape index (κ1) is 24.5. The van der Waals surface area contributed by atoms with Crippen molar-refractivity contribution in [2.75, 3.05) is 13.3 Å². The van der Waals surface area contributed by atoms with Gasteiger partial charge in [-0.05, 0) is 61.1 Å². The molecule has 0 fully saturated rings. The summed E-state index contributed by atoms with van der Waals surface area (Å²) >= 11 is 0. The van der Waals surface area contributed by atoms with Gasteiger partial charge >= 0.3 is 0 Å². The second kappa shape index (κ2) is 9.21. The number of amides is 1. The number of nitrogens with zero attached hydrogens (tertiary/aromatic N) is 2. The first-order valence-corrected chi connectivity index (χ1v) is 13.7. The van der Waals surface area contributed by atoms with E-state index in [2.05, 4.69) is 15.1 Å². The van der Waals surface area contributed by atoms with E-state index in [0.29, 0.717) is 22.2 Å². The van der Waals surface area contributed by atoms with Crippen molar-refractivity contribution in [2.24, 2.45) is 0 Å². The molecule has 0 aliphatic heterocycles. The van der Waals surface area contributed by atoms with Crippen LogP contribution in [0.4, 0.5) is 4.39 Å². The number of carbonyl (C=O) groups excluding carboxylic acids is 1. The summed E-state index contributed by atoms with van der Waals surface area (Å²) in [5.74, 6) is -0.968. The average Bonchev–Trinajstić information content (AvgIpc) is 3.26. The lowest BCUT2D eigenvalue weighted by Crippen LogP contribution is -2.23. The van der Waals surface area contributed by atoms with Crippen LogP contribution in [0.3, 0.4) is 0 Å². The van der Waals surface area contributed by atoms with E-state index < -0.39 is 31.6 Å². The van der Waals surface area contributed by atoms with E-state index in [1.807, 2.05) is 0 Å². The predicted octanol–water partition coefficient (Wildman–Crippen LogP) is 2.41. The highest BCUT2D eigenvalue weighted by Crippen LogP contribution is 2.26. The molecule has 1 amide bonds. The van der Waals surface area contributed by atoms with Gasteiger partial charge in [0.2, 0.25) is 10.0 Å². The number of carbonyl (C=O) groups is 1. The fourth-order valence-electron chi connectivity index (χ4n) is 3.47. The Kier molecular flexibility index (Phi) is 6.45. The van der Waals surface area contributed by atoms with Crippen molar-refractivity contribution in [1.29, 1.82) is 0 Å². The van der Waals surface area contributed by atoms with Crippen molar-refractivity contribution in [3.05, 3.63) is 83.8 Å². The van der Waals surface area contributed by atoms with Gasteiger partial charge in [0, 0.05) is 18.2 Å². The Morgan fingerprint density at radius 1 is 0.971 bits per heavy atom. The number of hydrogen-bond acceptors (Lipinski definition) is 6. The zero-order chi connectivity index (χ0) is 25.4. The third kappa shape index (κ3) is 5.09. The highest BCUT2D eigenvalue weighted by atomic mass is 32.2. The molecule has 0 spiro atoms. The van der Waals surface area contributed by atoms with Gasteiger partial charge in [-0.25, -0.2) is 30.6 Å². The molecule has 2 N–H and O–H groups in total. The van der Waals surface area contributed by atoms with Crippen LogP contribution in [0.15, 0.2) is 76.7 Å². The molecule has 12 heteroatoms. The molecule has 35 heavy (non-hydrogen) atoms. The maximum atomic E-state index is 13.4. The number of rotatable bonds is 7. The zero-order valence-electron chi connectivity index (χ0n) is 18.7. The average molecular weight is 517 g/mol. The van der Waals surface area contributed by atoms with Crippen LogP contribution in [0.1, 0.15) is 15.9 Å². The molecule has 1 heterocycles. The number of sulfone groups is 1. The lowest BCUT2D eigenvalue weighted by atomic mass is 10.1. The lowest BCUT2D eigenvalue weighted by molar-refractivity contribution is 0.0952. The van der Waals surface area contributed by atoms with E-state index in [9.17, 15) is 26.0 Å². The third-order valence-electron chi connectivity index (χ3n) is 5.36. The Hall–Kier alpha value is -3.61. The van der Waals surface area contributed by atoms with Crippen molar-refractivity contribution >= 4 is 36.7 Å². The van der Waals surface area contributed by atoms with Gasteiger partial charge in [0.05, 0.1) is 32.8 Å². The predicted molar refractivity (Wildman–Crippen MR) is 128 cm³/mol. The minimum atomic E-state index is -3.67. The molecule has 4 rings (SSSR count). The summed E-state index contributed by atoms with van der Waals surface area (Å²) in [6.07, 6.45) is 2.48. The lowest BCUT2D eigenvalue weighted by Gasteiger charge is -2.10. The fourth-order valence-corrected chi connectivity index (χ4v) is 4.86. The van der Waals surface area contributed by atoms with Crippen LogP contribution < -0.4 is 10.0 Å². The van der Waals surface area contributed by atoms with Crippen LogP contribution in [0.5, 0.6) is 0 Å². The Labute approximate surface area is 201 Å². The summed E-state index contributed by atoms with van der Waals surface area (Å²) in [5, 5.41) is 7.42. The van der Waals surface area contributed by atoms with E-state index in [0.717, 1.165) is 6.26 Å². The maximum Gasteiger partial charge on any atom is 0.252 e. The number of nitrogens with one attached hydrogen (secondary N) is 2. The van der Waals surface area contributed by atoms with Crippen molar-refractivity contribution in [1.82, 2.24) is 19.8 Å². The quantitative estimate of drug-likeness (QED) is 0.388. The van der Waals surface area contributed by atoms with Gasteiger partial charge in [0.1, 0.15) is 5.82 Å². The van der Waals surface area contributed by atoms with Gasteiger partial charge in [0.25, 0.3) is 5.91 Å². The Morgan fingerprint density at radius 2 is 1.63 bits per heavy atom. The molecule has 0 radical (unpaired) electrons. The third-order valence-corrected chi connectivity index (χ3v) is 7.88. The zero-order valence-corrected chi connectivity index (χ0v) is 20.3. The number of halogens is 1. The van der Waals surface area contributed by atoms with Crippen LogP contribution in [-0.2, 0) is 26.4 Å². The van der Waals surface area contributed by atoms with Gasteiger partial charge in [-0.15, -0.1) is 0 Å². The normalized spacial score (nSPS) is 12.1. The molecule has 0 unspecified atom stereocenters. The molecular weight excluding hydrogens is 495 g/mol. The van der Waals surface area contributed by atoms with Crippen LogP contribution in [0.25, 0.3) is 16.6 Å². The fraction of sp³-hybridized carbons (Fsp3) is 0.130. The number of benzene rings is 3. The maximum absolute atomic E-state index is 13.4. The van der Waals surface area contributed by atoms with Crippen molar-refractivity contribution < 1.29 is 26.0 Å². The molecule has 0 saturated carbocycles. The highest BCUT2D eigenvalue weighted by Gasteiger charge is 2.20. The summed E-state index contributed by atoms with van der Waals surface area (Å²) in [6, 6.07) is 14.2. The Balaban J connectivity index is 1.68. The Bertz CT molecular complexity index is 1630. The molecule has 0 aliphatic rings.